The lowest BCUT2D eigenvalue weighted by molar-refractivity contribution is 0.0932. The van der Waals surface area contributed by atoms with Crippen molar-refractivity contribution in [1.82, 2.24) is 10.3 Å². The molecule has 0 aliphatic rings. The molecule has 1 amide bonds. The molecule has 2 rings (SSSR count). The van der Waals surface area contributed by atoms with Crippen molar-refractivity contribution in [2.45, 2.75) is 25.8 Å². The van der Waals surface area contributed by atoms with Crippen molar-refractivity contribution >= 4 is 5.91 Å². The average molecular weight is 314 g/mol. The molecule has 1 aromatic heterocycles. The summed E-state index contributed by atoms with van der Waals surface area (Å²) in [5.74, 6) is 0.316. The largest absolute Gasteiger partial charge is 0.478 e. The van der Waals surface area contributed by atoms with Gasteiger partial charge in [0, 0.05) is 18.9 Å². The predicted molar refractivity (Wildman–Crippen MR) is 88.4 cm³/mol. The molecule has 0 fully saturated rings. The number of pyridine rings is 1. The van der Waals surface area contributed by atoms with Gasteiger partial charge in [-0.25, -0.2) is 4.98 Å². The number of hydrogen-bond acceptors (Lipinski definition) is 4. The number of rotatable bonds is 8. The Bertz CT molecular complexity index is 599. The summed E-state index contributed by atoms with van der Waals surface area (Å²) in [6.45, 7) is 2.52. The van der Waals surface area contributed by atoms with Crippen molar-refractivity contribution in [3.05, 3.63) is 59.8 Å². The van der Waals surface area contributed by atoms with E-state index in [1.54, 1.807) is 12.1 Å². The second kappa shape index (κ2) is 8.90. The van der Waals surface area contributed by atoms with Crippen molar-refractivity contribution in [2.75, 3.05) is 13.2 Å². The van der Waals surface area contributed by atoms with E-state index in [0.29, 0.717) is 30.9 Å². The summed E-state index contributed by atoms with van der Waals surface area (Å²) in [6.07, 6.45) is 2.81. The molecule has 2 N–H and O–H groups in total. The first-order chi connectivity index (χ1) is 11.2. The standard InChI is InChI=1S/C18H22N2O3/c1-2-23-17-11-10-15(13-19-17)18(22)20-16(9-6-12-21)14-7-4-3-5-8-14/h3-5,7-8,10-11,13,16,21H,2,6,9,12H2,1H3,(H,20,22). The van der Waals surface area contributed by atoms with Gasteiger partial charge in [0.15, 0.2) is 0 Å². The number of aliphatic hydroxyl groups is 1. The molecule has 0 spiro atoms. The van der Waals surface area contributed by atoms with Crippen LogP contribution in [0.15, 0.2) is 48.7 Å². The van der Waals surface area contributed by atoms with E-state index in [4.69, 9.17) is 9.84 Å². The highest BCUT2D eigenvalue weighted by atomic mass is 16.5. The highest BCUT2D eigenvalue weighted by Crippen LogP contribution is 2.19. The Hall–Kier alpha value is -2.40. The van der Waals surface area contributed by atoms with Crippen LogP contribution in [0.2, 0.25) is 0 Å². The molecule has 0 saturated carbocycles. The van der Waals surface area contributed by atoms with E-state index in [1.807, 2.05) is 37.3 Å². The lowest BCUT2D eigenvalue weighted by atomic mass is 10.0. The number of hydrogen-bond donors (Lipinski definition) is 2. The van der Waals surface area contributed by atoms with Crippen molar-refractivity contribution < 1.29 is 14.6 Å². The molecule has 2 aromatic rings. The third-order valence-corrected chi connectivity index (χ3v) is 3.45. The minimum absolute atomic E-state index is 0.101. The summed E-state index contributed by atoms with van der Waals surface area (Å²) in [5.41, 5.74) is 1.51. The Kier molecular flexibility index (Phi) is 6.56. The Balaban J connectivity index is 2.07. The normalized spacial score (nSPS) is 11.7. The first kappa shape index (κ1) is 17.0. The van der Waals surface area contributed by atoms with Crippen LogP contribution in [0.4, 0.5) is 0 Å². The molecule has 5 heteroatoms. The van der Waals surface area contributed by atoms with Crippen molar-refractivity contribution in [3.8, 4) is 5.88 Å². The summed E-state index contributed by atoms with van der Waals surface area (Å²) >= 11 is 0. The molecule has 23 heavy (non-hydrogen) atoms. The zero-order valence-electron chi connectivity index (χ0n) is 13.2. The van der Waals surface area contributed by atoms with E-state index in [2.05, 4.69) is 10.3 Å². The van der Waals surface area contributed by atoms with Gasteiger partial charge in [-0.15, -0.1) is 0 Å². The van der Waals surface area contributed by atoms with E-state index in [1.165, 1.54) is 6.20 Å². The molecular weight excluding hydrogens is 292 g/mol. The van der Waals surface area contributed by atoms with Gasteiger partial charge in [-0.05, 0) is 31.4 Å². The highest BCUT2D eigenvalue weighted by molar-refractivity contribution is 5.94. The van der Waals surface area contributed by atoms with Crippen LogP contribution < -0.4 is 10.1 Å². The first-order valence-corrected chi connectivity index (χ1v) is 7.80. The van der Waals surface area contributed by atoms with Crippen LogP contribution in [0.3, 0.4) is 0 Å². The maximum atomic E-state index is 12.4. The number of carbonyl (C=O) groups is 1. The van der Waals surface area contributed by atoms with Crippen LogP contribution in [0.25, 0.3) is 0 Å². The van der Waals surface area contributed by atoms with Gasteiger partial charge in [-0.3, -0.25) is 4.79 Å². The number of amides is 1. The molecule has 0 aliphatic heterocycles. The minimum atomic E-state index is -0.188. The molecule has 5 nitrogen and oxygen atoms in total. The van der Waals surface area contributed by atoms with Crippen molar-refractivity contribution in [2.24, 2.45) is 0 Å². The van der Waals surface area contributed by atoms with Gasteiger partial charge in [-0.1, -0.05) is 30.3 Å². The van der Waals surface area contributed by atoms with Gasteiger partial charge in [0.25, 0.3) is 5.91 Å². The van der Waals surface area contributed by atoms with Gasteiger partial charge < -0.3 is 15.2 Å². The molecule has 122 valence electrons. The number of nitrogens with one attached hydrogen (secondary N) is 1. The fraction of sp³-hybridized carbons (Fsp3) is 0.333. The van der Waals surface area contributed by atoms with E-state index in [-0.39, 0.29) is 18.6 Å². The number of nitrogens with zero attached hydrogens (tertiary/aromatic N) is 1. The van der Waals surface area contributed by atoms with Gasteiger partial charge in [-0.2, -0.15) is 0 Å². The topological polar surface area (TPSA) is 71.5 Å². The number of benzene rings is 1. The first-order valence-electron chi connectivity index (χ1n) is 7.80. The molecule has 1 aromatic carbocycles. The molecule has 0 saturated heterocycles. The van der Waals surface area contributed by atoms with Crippen LogP contribution >= 0.6 is 0 Å². The van der Waals surface area contributed by atoms with Crippen LogP contribution in [-0.2, 0) is 0 Å². The quantitative estimate of drug-likeness (QED) is 0.786. The number of aliphatic hydroxyl groups excluding tert-OH is 1. The Morgan fingerprint density at radius 1 is 1.26 bits per heavy atom. The molecule has 1 heterocycles. The van der Waals surface area contributed by atoms with Gasteiger partial charge >= 0.3 is 0 Å². The summed E-state index contributed by atoms with van der Waals surface area (Å²) in [4.78, 5) is 16.5. The molecule has 1 atom stereocenters. The second-order valence-electron chi connectivity index (χ2n) is 5.12. The average Bonchev–Trinajstić information content (AvgIpc) is 2.60. The predicted octanol–water partition coefficient (Wildman–Crippen LogP) is 2.72. The minimum Gasteiger partial charge on any atom is -0.478 e. The Morgan fingerprint density at radius 3 is 2.65 bits per heavy atom. The lowest BCUT2D eigenvalue weighted by Gasteiger charge is -2.19. The monoisotopic (exact) mass is 314 g/mol. The fourth-order valence-corrected chi connectivity index (χ4v) is 2.29. The number of carbonyl (C=O) groups excluding carboxylic acids is 1. The highest BCUT2D eigenvalue weighted by Gasteiger charge is 2.15. The number of aromatic nitrogens is 1. The maximum absolute atomic E-state index is 12.4. The van der Waals surface area contributed by atoms with E-state index < -0.39 is 0 Å². The lowest BCUT2D eigenvalue weighted by Crippen LogP contribution is -2.28. The van der Waals surface area contributed by atoms with Gasteiger partial charge in [0.2, 0.25) is 5.88 Å². The third kappa shape index (κ3) is 5.07. The van der Waals surface area contributed by atoms with Gasteiger partial charge in [0.05, 0.1) is 18.2 Å². The zero-order chi connectivity index (χ0) is 16.5. The van der Waals surface area contributed by atoms with Crippen LogP contribution in [-0.4, -0.2) is 29.2 Å². The SMILES string of the molecule is CCOc1ccc(C(=O)NC(CCCO)c2ccccc2)cn1. The van der Waals surface area contributed by atoms with E-state index >= 15 is 0 Å². The zero-order valence-corrected chi connectivity index (χ0v) is 13.2. The van der Waals surface area contributed by atoms with Crippen molar-refractivity contribution in [1.29, 1.82) is 0 Å². The molecule has 0 aliphatic carbocycles. The Labute approximate surface area is 136 Å². The van der Waals surface area contributed by atoms with Crippen LogP contribution in [0.5, 0.6) is 5.88 Å². The van der Waals surface area contributed by atoms with Crippen LogP contribution in [0.1, 0.15) is 41.7 Å². The van der Waals surface area contributed by atoms with E-state index in [9.17, 15) is 4.79 Å². The Morgan fingerprint density at radius 2 is 2.04 bits per heavy atom. The molecule has 1 unspecified atom stereocenters. The fourth-order valence-electron chi connectivity index (χ4n) is 2.29. The summed E-state index contributed by atoms with van der Waals surface area (Å²) in [5, 5.41) is 12.1. The molecule has 0 bridgehead atoms. The molecule has 0 radical (unpaired) electrons. The number of ether oxygens (including phenoxy) is 1. The van der Waals surface area contributed by atoms with E-state index in [0.717, 1.165) is 5.56 Å². The van der Waals surface area contributed by atoms with Crippen molar-refractivity contribution in [3.63, 3.8) is 0 Å². The summed E-state index contributed by atoms with van der Waals surface area (Å²) in [6, 6.07) is 13.0. The van der Waals surface area contributed by atoms with Gasteiger partial charge in [0.1, 0.15) is 0 Å². The summed E-state index contributed by atoms with van der Waals surface area (Å²) < 4.78 is 5.27. The third-order valence-electron chi connectivity index (χ3n) is 3.45. The summed E-state index contributed by atoms with van der Waals surface area (Å²) in [7, 11) is 0. The maximum Gasteiger partial charge on any atom is 0.253 e. The second-order valence-corrected chi connectivity index (χ2v) is 5.12. The van der Waals surface area contributed by atoms with Crippen LogP contribution in [0, 0.1) is 0 Å². The molecular formula is C18H22N2O3. The smallest absolute Gasteiger partial charge is 0.253 e.